The number of benzene rings is 1. The van der Waals surface area contributed by atoms with E-state index in [-0.39, 0.29) is 10.6 Å². The van der Waals surface area contributed by atoms with Crippen molar-refractivity contribution in [2.75, 3.05) is 18.8 Å². The largest absolute Gasteiger partial charge is 0.398 e. The number of likely N-dealkylation sites (tertiary alicyclic amines) is 1. The summed E-state index contributed by atoms with van der Waals surface area (Å²) < 4.78 is 2.02. The van der Waals surface area contributed by atoms with E-state index in [9.17, 15) is 10.1 Å². The quantitative estimate of drug-likeness (QED) is 0.560. The molecule has 1 aliphatic heterocycles. The smallest absolute Gasteiger partial charge is 0.270 e. The number of nitrogens with two attached hydrogens (primary N) is 1. The molecule has 3 aromatic rings. The minimum Gasteiger partial charge on any atom is -0.398 e. The molecule has 7 heteroatoms. The standard InChI is InChI=1S/C20H23N5O2/c21-16-8-9-19-22-20(15-6-5-7-17(12-15)25(26)27)18(24(19)13-16)14-23-10-3-1-2-4-11-23/h5-9,12-13H,1-4,10-11,14,21H2. The summed E-state index contributed by atoms with van der Waals surface area (Å²) in [6, 6.07) is 10.4. The van der Waals surface area contributed by atoms with E-state index in [1.165, 1.54) is 31.7 Å². The van der Waals surface area contributed by atoms with Crippen LogP contribution < -0.4 is 5.73 Å². The van der Waals surface area contributed by atoms with E-state index >= 15 is 0 Å². The average Bonchev–Trinajstić information content (AvgIpc) is 2.83. The van der Waals surface area contributed by atoms with Crippen LogP contribution >= 0.6 is 0 Å². The summed E-state index contributed by atoms with van der Waals surface area (Å²) in [6.45, 7) is 2.87. The Morgan fingerprint density at radius 2 is 1.89 bits per heavy atom. The molecule has 2 aromatic heterocycles. The minimum atomic E-state index is -0.369. The van der Waals surface area contributed by atoms with Crippen molar-refractivity contribution in [3.05, 3.63) is 58.4 Å². The van der Waals surface area contributed by atoms with Crippen molar-refractivity contribution < 1.29 is 4.92 Å². The van der Waals surface area contributed by atoms with Gasteiger partial charge in [-0.15, -0.1) is 0 Å². The number of fused-ring (bicyclic) bond motifs is 1. The maximum absolute atomic E-state index is 11.2. The molecule has 0 amide bonds. The van der Waals surface area contributed by atoms with Crippen LogP contribution in [0.4, 0.5) is 11.4 Å². The molecule has 3 heterocycles. The van der Waals surface area contributed by atoms with Gasteiger partial charge >= 0.3 is 0 Å². The van der Waals surface area contributed by atoms with Crippen LogP contribution in [0, 0.1) is 10.1 Å². The molecule has 0 bridgehead atoms. The maximum Gasteiger partial charge on any atom is 0.270 e. The van der Waals surface area contributed by atoms with Crippen LogP contribution in [0.15, 0.2) is 42.6 Å². The summed E-state index contributed by atoms with van der Waals surface area (Å²) in [5.41, 5.74) is 10.1. The Morgan fingerprint density at radius 3 is 2.63 bits per heavy atom. The van der Waals surface area contributed by atoms with E-state index in [1.807, 2.05) is 28.8 Å². The summed E-state index contributed by atoms with van der Waals surface area (Å²) in [7, 11) is 0. The van der Waals surface area contributed by atoms with Gasteiger partial charge in [0.25, 0.3) is 5.69 Å². The van der Waals surface area contributed by atoms with E-state index < -0.39 is 0 Å². The number of non-ortho nitro benzene ring substituents is 1. The Labute approximate surface area is 157 Å². The number of aromatic nitrogens is 2. The molecule has 0 radical (unpaired) electrons. The molecule has 7 nitrogen and oxygen atoms in total. The lowest BCUT2D eigenvalue weighted by Crippen LogP contribution is -2.25. The zero-order valence-electron chi connectivity index (χ0n) is 15.2. The van der Waals surface area contributed by atoms with Gasteiger partial charge < -0.3 is 10.1 Å². The van der Waals surface area contributed by atoms with Crippen molar-refractivity contribution in [2.24, 2.45) is 0 Å². The lowest BCUT2D eigenvalue weighted by Gasteiger charge is -2.20. The molecule has 2 N–H and O–H groups in total. The van der Waals surface area contributed by atoms with Gasteiger partial charge in [-0.25, -0.2) is 4.98 Å². The third-order valence-electron chi connectivity index (χ3n) is 5.14. The highest BCUT2D eigenvalue weighted by Gasteiger charge is 2.19. The fourth-order valence-electron chi connectivity index (χ4n) is 3.76. The third kappa shape index (κ3) is 3.64. The number of nitrogens with zero attached hydrogens (tertiary/aromatic N) is 4. The van der Waals surface area contributed by atoms with Crippen LogP contribution in [-0.2, 0) is 6.54 Å². The SMILES string of the molecule is Nc1ccc2nc(-c3cccc([N+](=O)[O-])c3)c(CN3CCCCCC3)n2c1. The van der Waals surface area contributed by atoms with Gasteiger partial charge in [-0.2, -0.15) is 0 Å². The predicted molar refractivity (Wildman–Crippen MR) is 105 cm³/mol. The van der Waals surface area contributed by atoms with E-state index in [2.05, 4.69) is 4.90 Å². The predicted octanol–water partition coefficient (Wildman–Crippen LogP) is 3.87. The summed E-state index contributed by atoms with van der Waals surface area (Å²) >= 11 is 0. The molecule has 0 spiro atoms. The molecule has 1 fully saturated rings. The minimum absolute atomic E-state index is 0.0739. The highest BCUT2D eigenvalue weighted by atomic mass is 16.6. The number of nitro benzene ring substituents is 1. The Morgan fingerprint density at radius 1 is 1.11 bits per heavy atom. The summed E-state index contributed by atoms with van der Waals surface area (Å²) in [4.78, 5) is 18.0. The van der Waals surface area contributed by atoms with E-state index in [1.54, 1.807) is 12.1 Å². The van der Waals surface area contributed by atoms with E-state index in [0.29, 0.717) is 5.69 Å². The van der Waals surface area contributed by atoms with Gasteiger partial charge in [-0.1, -0.05) is 25.0 Å². The number of hydrogen-bond donors (Lipinski definition) is 1. The average molecular weight is 365 g/mol. The van der Waals surface area contributed by atoms with Gasteiger partial charge in [-0.3, -0.25) is 15.0 Å². The molecule has 27 heavy (non-hydrogen) atoms. The molecule has 0 aliphatic carbocycles. The summed E-state index contributed by atoms with van der Waals surface area (Å²) in [5.74, 6) is 0. The first-order valence-electron chi connectivity index (χ1n) is 9.35. The maximum atomic E-state index is 11.2. The van der Waals surface area contributed by atoms with Gasteiger partial charge in [0.15, 0.2) is 0 Å². The van der Waals surface area contributed by atoms with Crippen molar-refractivity contribution >= 4 is 17.0 Å². The highest BCUT2D eigenvalue weighted by molar-refractivity contribution is 5.69. The molecule has 1 aliphatic rings. The summed E-state index contributed by atoms with van der Waals surface area (Å²) in [5, 5.41) is 11.2. The van der Waals surface area contributed by atoms with Crippen LogP contribution in [0.5, 0.6) is 0 Å². The summed E-state index contributed by atoms with van der Waals surface area (Å²) in [6.07, 6.45) is 6.83. The lowest BCUT2D eigenvalue weighted by atomic mass is 10.1. The van der Waals surface area contributed by atoms with Crippen LogP contribution in [0.25, 0.3) is 16.9 Å². The normalized spacial score (nSPS) is 15.7. The van der Waals surface area contributed by atoms with Crippen molar-refractivity contribution in [1.82, 2.24) is 14.3 Å². The van der Waals surface area contributed by atoms with Gasteiger partial charge in [0.2, 0.25) is 0 Å². The Balaban J connectivity index is 1.81. The van der Waals surface area contributed by atoms with Gasteiger partial charge in [0.05, 0.1) is 16.3 Å². The van der Waals surface area contributed by atoms with E-state index in [4.69, 9.17) is 10.7 Å². The number of nitrogen functional groups attached to an aromatic ring is 1. The molecule has 1 aromatic carbocycles. The number of nitro groups is 1. The van der Waals surface area contributed by atoms with Gasteiger partial charge in [-0.05, 0) is 38.1 Å². The second kappa shape index (κ2) is 7.36. The van der Waals surface area contributed by atoms with Gasteiger partial charge in [0.1, 0.15) is 5.65 Å². The first-order chi connectivity index (χ1) is 13.1. The Hall–Kier alpha value is -2.93. The number of pyridine rings is 1. The highest BCUT2D eigenvalue weighted by Crippen LogP contribution is 2.29. The number of imidazole rings is 1. The van der Waals surface area contributed by atoms with Gasteiger partial charge in [0, 0.05) is 36.1 Å². The molecule has 0 atom stereocenters. The zero-order valence-corrected chi connectivity index (χ0v) is 15.2. The van der Waals surface area contributed by atoms with Crippen LogP contribution in [0.1, 0.15) is 31.4 Å². The van der Waals surface area contributed by atoms with Crippen molar-refractivity contribution in [3.8, 4) is 11.3 Å². The third-order valence-corrected chi connectivity index (χ3v) is 5.14. The molecule has 0 saturated carbocycles. The van der Waals surface area contributed by atoms with Crippen molar-refractivity contribution in [2.45, 2.75) is 32.2 Å². The number of rotatable bonds is 4. The zero-order chi connectivity index (χ0) is 18.8. The second-order valence-corrected chi connectivity index (χ2v) is 7.10. The molecule has 140 valence electrons. The molecular formula is C20H23N5O2. The second-order valence-electron chi connectivity index (χ2n) is 7.10. The molecule has 4 rings (SSSR count). The van der Waals surface area contributed by atoms with Crippen LogP contribution in [0.3, 0.4) is 0 Å². The monoisotopic (exact) mass is 365 g/mol. The van der Waals surface area contributed by atoms with Crippen molar-refractivity contribution in [3.63, 3.8) is 0 Å². The molecule has 0 unspecified atom stereocenters. The fraction of sp³-hybridized carbons (Fsp3) is 0.350. The fourth-order valence-corrected chi connectivity index (χ4v) is 3.76. The van der Waals surface area contributed by atoms with Crippen LogP contribution in [0.2, 0.25) is 0 Å². The first-order valence-corrected chi connectivity index (χ1v) is 9.35. The topological polar surface area (TPSA) is 89.7 Å². The first kappa shape index (κ1) is 17.5. The number of hydrogen-bond acceptors (Lipinski definition) is 5. The Kier molecular flexibility index (Phi) is 4.77. The lowest BCUT2D eigenvalue weighted by molar-refractivity contribution is -0.384. The molecule has 1 saturated heterocycles. The van der Waals surface area contributed by atoms with Crippen LogP contribution in [-0.4, -0.2) is 32.3 Å². The van der Waals surface area contributed by atoms with E-state index in [0.717, 1.165) is 42.2 Å². The Bertz CT molecular complexity index is 974. The number of anilines is 1. The van der Waals surface area contributed by atoms with Crippen molar-refractivity contribution in [1.29, 1.82) is 0 Å². The molecular weight excluding hydrogens is 342 g/mol.